The van der Waals surface area contributed by atoms with Crippen LogP contribution in [0.1, 0.15) is 12.5 Å². The number of fused-ring (bicyclic) bond motifs is 1. The second kappa shape index (κ2) is 8.27. The Morgan fingerprint density at radius 2 is 1.93 bits per heavy atom. The molecule has 2 amide bonds. The van der Waals surface area contributed by atoms with E-state index in [9.17, 15) is 9.59 Å². The van der Waals surface area contributed by atoms with E-state index in [1.807, 2.05) is 43.3 Å². The van der Waals surface area contributed by atoms with Crippen molar-refractivity contribution in [1.82, 2.24) is 5.32 Å². The maximum absolute atomic E-state index is 12.4. The van der Waals surface area contributed by atoms with Gasteiger partial charge in [0.15, 0.2) is 5.69 Å². The Kier molecular flexibility index (Phi) is 5.61. The zero-order valence-corrected chi connectivity index (χ0v) is 15.2. The van der Waals surface area contributed by atoms with E-state index >= 15 is 0 Å². The highest BCUT2D eigenvalue weighted by Crippen LogP contribution is 2.28. The molecule has 0 bridgehead atoms. The van der Waals surface area contributed by atoms with Gasteiger partial charge in [0, 0.05) is 18.5 Å². The fraction of sp³-hybridized carbons (Fsp3) is 0.200. The summed E-state index contributed by atoms with van der Waals surface area (Å²) in [6.45, 7) is 2.79. The monoisotopic (exact) mass is 367 g/mol. The molecule has 7 nitrogen and oxygen atoms in total. The van der Waals surface area contributed by atoms with Gasteiger partial charge in [0.1, 0.15) is 11.3 Å². The molecule has 1 aromatic heterocycles. The first kappa shape index (κ1) is 18.3. The van der Waals surface area contributed by atoms with E-state index < -0.39 is 11.7 Å². The predicted molar refractivity (Wildman–Crippen MR) is 106 cm³/mol. The number of carbonyl (C=O) groups is 1. The maximum Gasteiger partial charge on any atom is 0.362 e. The van der Waals surface area contributed by atoms with E-state index in [2.05, 4.69) is 16.0 Å². The summed E-state index contributed by atoms with van der Waals surface area (Å²) in [7, 11) is 1.58. The lowest BCUT2D eigenvalue weighted by molar-refractivity contribution is 0.251. The van der Waals surface area contributed by atoms with Gasteiger partial charge in [-0.15, -0.1) is 0 Å². The molecule has 7 heteroatoms. The molecule has 140 valence electrons. The summed E-state index contributed by atoms with van der Waals surface area (Å²) in [5.74, 6) is 0.708. The molecular weight excluding hydrogens is 346 g/mol. The molecule has 0 atom stereocenters. The largest absolute Gasteiger partial charge is 0.497 e. The topological polar surface area (TPSA) is 92.6 Å². The van der Waals surface area contributed by atoms with Crippen LogP contribution in [0.5, 0.6) is 5.75 Å². The van der Waals surface area contributed by atoms with Gasteiger partial charge in [-0.05, 0) is 36.8 Å². The summed E-state index contributed by atoms with van der Waals surface area (Å²) in [5.41, 5.74) is 1.35. The number of para-hydroxylation sites is 1. The summed E-state index contributed by atoms with van der Waals surface area (Å²) in [6.07, 6.45) is 0. The Hall–Kier alpha value is -3.48. The molecule has 27 heavy (non-hydrogen) atoms. The fourth-order valence-electron chi connectivity index (χ4n) is 2.75. The van der Waals surface area contributed by atoms with Gasteiger partial charge in [-0.3, -0.25) is 5.32 Å². The molecule has 0 fully saturated rings. The summed E-state index contributed by atoms with van der Waals surface area (Å²) >= 11 is 0. The molecule has 0 saturated heterocycles. The van der Waals surface area contributed by atoms with E-state index in [1.54, 1.807) is 19.2 Å². The van der Waals surface area contributed by atoms with Gasteiger partial charge in [-0.1, -0.05) is 24.3 Å². The first-order valence-corrected chi connectivity index (χ1v) is 8.60. The zero-order chi connectivity index (χ0) is 19.2. The summed E-state index contributed by atoms with van der Waals surface area (Å²) < 4.78 is 10.5. The van der Waals surface area contributed by atoms with Crippen molar-refractivity contribution < 1.29 is 13.9 Å². The van der Waals surface area contributed by atoms with Crippen LogP contribution in [0.15, 0.2) is 57.7 Å². The van der Waals surface area contributed by atoms with Crippen molar-refractivity contribution in [3.63, 3.8) is 0 Å². The minimum atomic E-state index is -0.610. The zero-order valence-electron chi connectivity index (χ0n) is 15.2. The third-order valence-electron chi connectivity index (χ3n) is 3.99. The number of anilines is 2. The number of ether oxygens (including phenoxy) is 1. The van der Waals surface area contributed by atoms with Crippen LogP contribution >= 0.6 is 0 Å². The van der Waals surface area contributed by atoms with Gasteiger partial charge >= 0.3 is 11.7 Å². The van der Waals surface area contributed by atoms with E-state index in [4.69, 9.17) is 9.15 Å². The number of nitrogens with one attached hydrogen (secondary N) is 3. The summed E-state index contributed by atoms with van der Waals surface area (Å²) in [5, 5.41) is 9.19. The van der Waals surface area contributed by atoms with E-state index in [0.717, 1.165) is 10.9 Å². The Balaban J connectivity index is 1.80. The van der Waals surface area contributed by atoms with E-state index in [-0.39, 0.29) is 5.69 Å². The molecule has 3 aromatic rings. The third kappa shape index (κ3) is 4.20. The van der Waals surface area contributed by atoms with Crippen LogP contribution in [0, 0.1) is 0 Å². The first-order chi connectivity index (χ1) is 13.1. The van der Waals surface area contributed by atoms with Gasteiger partial charge < -0.3 is 19.8 Å². The number of methoxy groups -OCH3 is 1. The minimum Gasteiger partial charge on any atom is -0.497 e. The number of urea groups is 1. The van der Waals surface area contributed by atoms with Crippen molar-refractivity contribution >= 4 is 28.4 Å². The average Bonchev–Trinajstić information content (AvgIpc) is 2.69. The van der Waals surface area contributed by atoms with Gasteiger partial charge in [-0.2, -0.15) is 0 Å². The highest BCUT2D eigenvalue weighted by atomic mass is 16.5. The van der Waals surface area contributed by atoms with Crippen LogP contribution in [0.25, 0.3) is 11.0 Å². The molecule has 1 heterocycles. The van der Waals surface area contributed by atoms with Crippen LogP contribution in [0.3, 0.4) is 0 Å². The molecule has 0 spiro atoms. The SMILES string of the molecule is CCNc1c(NC(=O)NCc2cccc(OC)c2)c(=O)oc2ccccc12. The number of hydrogen-bond donors (Lipinski definition) is 3. The molecular formula is C20H21N3O4. The highest BCUT2D eigenvalue weighted by molar-refractivity contribution is 6.01. The standard InChI is InChI=1S/C20H21N3O4/c1-3-21-17-15-9-4-5-10-16(15)27-19(24)18(17)23-20(25)22-12-13-7-6-8-14(11-13)26-2/h4-11,21H,3,12H2,1-2H3,(H2,22,23,25). The summed E-state index contributed by atoms with van der Waals surface area (Å²) in [6, 6.07) is 14.0. The Labute approximate surface area is 156 Å². The highest BCUT2D eigenvalue weighted by Gasteiger charge is 2.16. The second-order valence-corrected chi connectivity index (χ2v) is 5.83. The maximum atomic E-state index is 12.4. The number of hydrogen-bond acceptors (Lipinski definition) is 5. The molecule has 2 aromatic carbocycles. The van der Waals surface area contributed by atoms with Gasteiger partial charge in [-0.25, -0.2) is 9.59 Å². The number of carbonyl (C=O) groups excluding carboxylic acids is 1. The van der Waals surface area contributed by atoms with Crippen molar-refractivity contribution in [3.8, 4) is 5.75 Å². The number of amides is 2. The minimum absolute atomic E-state index is 0.0821. The van der Waals surface area contributed by atoms with Gasteiger partial charge in [0.25, 0.3) is 0 Å². The van der Waals surface area contributed by atoms with Gasteiger partial charge in [0.2, 0.25) is 0 Å². The van der Waals surface area contributed by atoms with E-state index in [1.165, 1.54) is 0 Å². The second-order valence-electron chi connectivity index (χ2n) is 5.83. The van der Waals surface area contributed by atoms with Crippen molar-refractivity contribution in [2.45, 2.75) is 13.5 Å². The molecule has 0 radical (unpaired) electrons. The number of rotatable bonds is 6. The van der Waals surface area contributed by atoms with Crippen molar-refractivity contribution in [1.29, 1.82) is 0 Å². The molecule has 0 unspecified atom stereocenters. The lowest BCUT2D eigenvalue weighted by Gasteiger charge is -2.14. The molecule has 3 rings (SSSR count). The summed E-state index contributed by atoms with van der Waals surface area (Å²) in [4.78, 5) is 24.7. The van der Waals surface area contributed by atoms with Crippen LogP contribution in [0.2, 0.25) is 0 Å². The normalized spacial score (nSPS) is 10.4. The van der Waals surface area contributed by atoms with E-state index in [0.29, 0.717) is 30.1 Å². The quantitative estimate of drug-likeness (QED) is 0.580. The average molecular weight is 367 g/mol. The van der Waals surface area contributed by atoms with Crippen LogP contribution in [-0.4, -0.2) is 19.7 Å². The molecule has 0 aliphatic rings. The number of benzene rings is 2. The van der Waals surface area contributed by atoms with Gasteiger partial charge in [0.05, 0.1) is 12.8 Å². The van der Waals surface area contributed by atoms with Crippen LogP contribution in [0.4, 0.5) is 16.2 Å². The third-order valence-corrected chi connectivity index (χ3v) is 3.99. The van der Waals surface area contributed by atoms with Crippen molar-refractivity contribution in [2.75, 3.05) is 24.3 Å². The Bertz CT molecular complexity index is 1010. The molecule has 0 aliphatic heterocycles. The van der Waals surface area contributed by atoms with Crippen molar-refractivity contribution in [2.24, 2.45) is 0 Å². The van der Waals surface area contributed by atoms with Crippen LogP contribution in [-0.2, 0) is 6.54 Å². The molecule has 0 aliphatic carbocycles. The lowest BCUT2D eigenvalue weighted by Crippen LogP contribution is -2.30. The van der Waals surface area contributed by atoms with Crippen molar-refractivity contribution in [3.05, 3.63) is 64.5 Å². The molecule has 3 N–H and O–H groups in total. The Morgan fingerprint density at radius 1 is 1.11 bits per heavy atom. The van der Waals surface area contributed by atoms with Crippen LogP contribution < -0.4 is 26.3 Å². The smallest absolute Gasteiger partial charge is 0.362 e. The first-order valence-electron chi connectivity index (χ1n) is 8.60. The molecule has 0 saturated carbocycles. The lowest BCUT2D eigenvalue weighted by atomic mass is 10.2. The Morgan fingerprint density at radius 3 is 2.70 bits per heavy atom. The predicted octanol–water partition coefficient (Wildman–Crippen LogP) is 3.56. The fourth-order valence-corrected chi connectivity index (χ4v) is 2.75.